The van der Waals surface area contributed by atoms with E-state index in [4.69, 9.17) is 0 Å². The molecule has 3 rings (SSSR count). The number of carboxylic acid groups (broad SMARTS) is 1. The summed E-state index contributed by atoms with van der Waals surface area (Å²) in [6.07, 6.45) is 2.98. The van der Waals surface area contributed by atoms with Crippen molar-refractivity contribution < 1.29 is 14.7 Å². The van der Waals surface area contributed by atoms with Gasteiger partial charge < -0.3 is 10.0 Å². The number of nitrogens with zero attached hydrogens (tertiary/aromatic N) is 2. The lowest BCUT2D eigenvalue weighted by Crippen LogP contribution is -2.43. The molecule has 1 N–H and O–H groups in total. The smallest absolute Gasteiger partial charge is 0.326 e. The minimum absolute atomic E-state index is 0.101. The lowest BCUT2D eigenvalue weighted by molar-refractivity contribution is -0.142. The molecular formula is C14H15BrN2O3. The van der Waals surface area contributed by atoms with Crippen molar-refractivity contribution in [2.24, 2.45) is 11.8 Å². The van der Waals surface area contributed by atoms with Crippen molar-refractivity contribution in [2.45, 2.75) is 25.3 Å². The van der Waals surface area contributed by atoms with E-state index in [2.05, 4.69) is 20.9 Å². The monoisotopic (exact) mass is 338 g/mol. The van der Waals surface area contributed by atoms with Crippen molar-refractivity contribution in [1.82, 2.24) is 9.88 Å². The van der Waals surface area contributed by atoms with Crippen LogP contribution in [0.3, 0.4) is 0 Å². The summed E-state index contributed by atoms with van der Waals surface area (Å²) in [4.78, 5) is 29.7. The van der Waals surface area contributed by atoms with Gasteiger partial charge in [-0.1, -0.05) is 12.5 Å². The van der Waals surface area contributed by atoms with E-state index in [-0.39, 0.29) is 11.8 Å². The fraction of sp³-hybridized carbons (Fsp3) is 0.500. The number of amides is 1. The van der Waals surface area contributed by atoms with Crippen LogP contribution in [0.15, 0.2) is 22.8 Å². The highest BCUT2D eigenvalue weighted by Gasteiger charge is 2.49. The first kappa shape index (κ1) is 13.5. The second kappa shape index (κ2) is 5.16. The van der Waals surface area contributed by atoms with Crippen LogP contribution >= 0.6 is 15.9 Å². The molecule has 0 bridgehead atoms. The van der Waals surface area contributed by atoms with Crippen LogP contribution in [0, 0.1) is 11.8 Å². The van der Waals surface area contributed by atoms with Crippen LogP contribution in [0.1, 0.15) is 29.8 Å². The van der Waals surface area contributed by atoms with Gasteiger partial charge in [-0.15, -0.1) is 0 Å². The number of carbonyl (C=O) groups excluding carboxylic acids is 1. The molecule has 3 unspecified atom stereocenters. The van der Waals surface area contributed by atoms with Crippen molar-refractivity contribution >= 4 is 27.8 Å². The molecule has 5 nitrogen and oxygen atoms in total. The molecule has 20 heavy (non-hydrogen) atoms. The summed E-state index contributed by atoms with van der Waals surface area (Å²) in [7, 11) is 0. The van der Waals surface area contributed by atoms with Crippen LogP contribution in [0.4, 0.5) is 0 Å². The van der Waals surface area contributed by atoms with Crippen molar-refractivity contribution in [3.8, 4) is 0 Å². The Morgan fingerprint density at radius 2 is 2.15 bits per heavy atom. The molecule has 1 amide bonds. The molecule has 2 heterocycles. The number of carbonyl (C=O) groups is 2. The number of aliphatic carboxylic acids is 1. The van der Waals surface area contributed by atoms with Crippen molar-refractivity contribution in [3.05, 3.63) is 28.5 Å². The first-order chi connectivity index (χ1) is 9.58. The van der Waals surface area contributed by atoms with Crippen molar-refractivity contribution in [1.29, 1.82) is 0 Å². The first-order valence-electron chi connectivity index (χ1n) is 6.74. The van der Waals surface area contributed by atoms with Gasteiger partial charge in [-0.25, -0.2) is 9.78 Å². The molecule has 0 aromatic carbocycles. The number of fused-ring (bicyclic) bond motifs is 1. The van der Waals surface area contributed by atoms with Gasteiger partial charge in [-0.3, -0.25) is 4.79 Å². The van der Waals surface area contributed by atoms with Crippen LogP contribution in [-0.2, 0) is 4.79 Å². The summed E-state index contributed by atoms with van der Waals surface area (Å²) in [6.45, 7) is 0.536. The maximum Gasteiger partial charge on any atom is 0.326 e. The highest BCUT2D eigenvalue weighted by Crippen LogP contribution is 2.42. The van der Waals surface area contributed by atoms with Crippen LogP contribution in [0.5, 0.6) is 0 Å². The fourth-order valence-electron chi connectivity index (χ4n) is 3.51. The normalized spacial score (nSPS) is 28.4. The van der Waals surface area contributed by atoms with Gasteiger partial charge in [0.25, 0.3) is 5.91 Å². The van der Waals surface area contributed by atoms with Gasteiger partial charge in [0.05, 0.1) is 0 Å². The standard InChI is InChI=1S/C14H15BrN2O3/c15-11-6-2-5-10(16-11)13(18)17-7-8-3-1-4-9(8)12(17)14(19)20/h2,5-6,8-9,12H,1,3-4,7H2,(H,19,20). The van der Waals surface area contributed by atoms with E-state index in [0.717, 1.165) is 19.3 Å². The molecule has 3 atom stereocenters. The average Bonchev–Trinajstić information content (AvgIpc) is 2.96. The third kappa shape index (κ3) is 2.22. The van der Waals surface area contributed by atoms with E-state index in [1.54, 1.807) is 18.2 Å². The zero-order valence-corrected chi connectivity index (χ0v) is 12.4. The Morgan fingerprint density at radius 3 is 2.85 bits per heavy atom. The topological polar surface area (TPSA) is 70.5 Å². The number of hydrogen-bond donors (Lipinski definition) is 1. The second-order valence-corrected chi connectivity index (χ2v) is 6.25. The second-order valence-electron chi connectivity index (χ2n) is 5.44. The Morgan fingerprint density at radius 1 is 1.35 bits per heavy atom. The largest absolute Gasteiger partial charge is 0.480 e. The van der Waals surface area contributed by atoms with Gasteiger partial charge in [-0.05, 0) is 52.7 Å². The molecule has 1 aliphatic heterocycles. The van der Waals surface area contributed by atoms with E-state index >= 15 is 0 Å². The Labute approximate surface area is 125 Å². The predicted molar refractivity (Wildman–Crippen MR) is 75.2 cm³/mol. The SMILES string of the molecule is O=C(O)C1C2CCCC2CN1C(=O)c1cccc(Br)n1. The zero-order chi connectivity index (χ0) is 14.3. The third-order valence-corrected chi connectivity index (χ3v) is 4.78. The quantitative estimate of drug-likeness (QED) is 0.839. The van der Waals surface area contributed by atoms with E-state index < -0.39 is 12.0 Å². The number of pyridine rings is 1. The van der Waals surface area contributed by atoms with E-state index in [9.17, 15) is 14.7 Å². The van der Waals surface area contributed by atoms with E-state index in [1.165, 1.54) is 4.90 Å². The number of likely N-dealkylation sites (tertiary alicyclic amines) is 1. The number of rotatable bonds is 2. The number of hydrogen-bond acceptors (Lipinski definition) is 3. The lowest BCUT2D eigenvalue weighted by atomic mass is 9.94. The molecule has 106 valence electrons. The molecular weight excluding hydrogens is 324 g/mol. The fourth-order valence-corrected chi connectivity index (χ4v) is 3.85. The molecule has 1 aromatic rings. The molecule has 2 fully saturated rings. The Hall–Kier alpha value is -1.43. The van der Waals surface area contributed by atoms with Gasteiger partial charge in [0, 0.05) is 6.54 Å². The molecule has 1 saturated heterocycles. The lowest BCUT2D eigenvalue weighted by Gasteiger charge is -2.24. The summed E-state index contributed by atoms with van der Waals surface area (Å²) in [5.41, 5.74) is 0.297. The minimum Gasteiger partial charge on any atom is -0.480 e. The van der Waals surface area contributed by atoms with E-state index in [1.807, 2.05) is 0 Å². The third-order valence-electron chi connectivity index (χ3n) is 4.34. The van der Waals surface area contributed by atoms with Crippen LogP contribution < -0.4 is 0 Å². The highest BCUT2D eigenvalue weighted by atomic mass is 79.9. The Balaban J connectivity index is 1.89. The summed E-state index contributed by atoms with van der Waals surface area (Å²) in [5, 5.41) is 9.46. The maximum atomic E-state index is 12.5. The van der Waals surface area contributed by atoms with Crippen LogP contribution in [-0.4, -0.2) is 39.5 Å². The van der Waals surface area contributed by atoms with Gasteiger partial charge >= 0.3 is 5.97 Å². The highest BCUT2D eigenvalue weighted by molar-refractivity contribution is 9.10. The summed E-state index contributed by atoms with van der Waals surface area (Å²) in [5.74, 6) is -0.758. The summed E-state index contributed by atoms with van der Waals surface area (Å²) < 4.78 is 0.578. The van der Waals surface area contributed by atoms with Gasteiger partial charge in [0.15, 0.2) is 0 Å². The molecule has 1 saturated carbocycles. The van der Waals surface area contributed by atoms with Gasteiger partial charge in [0.1, 0.15) is 16.3 Å². The molecule has 6 heteroatoms. The van der Waals surface area contributed by atoms with E-state index in [0.29, 0.717) is 22.8 Å². The first-order valence-corrected chi connectivity index (χ1v) is 7.53. The minimum atomic E-state index is -0.900. The number of carboxylic acids is 1. The molecule has 0 spiro atoms. The predicted octanol–water partition coefficient (Wildman–Crippen LogP) is 2.17. The van der Waals surface area contributed by atoms with Crippen LogP contribution in [0.2, 0.25) is 0 Å². The van der Waals surface area contributed by atoms with Gasteiger partial charge in [-0.2, -0.15) is 0 Å². The van der Waals surface area contributed by atoms with Gasteiger partial charge in [0.2, 0.25) is 0 Å². The molecule has 1 aliphatic carbocycles. The average molecular weight is 339 g/mol. The zero-order valence-electron chi connectivity index (χ0n) is 10.8. The molecule has 2 aliphatic rings. The summed E-state index contributed by atoms with van der Waals surface area (Å²) >= 11 is 3.23. The van der Waals surface area contributed by atoms with Crippen molar-refractivity contribution in [2.75, 3.05) is 6.54 Å². The molecule has 0 radical (unpaired) electrons. The Bertz CT molecular complexity index is 563. The van der Waals surface area contributed by atoms with Crippen molar-refractivity contribution in [3.63, 3.8) is 0 Å². The summed E-state index contributed by atoms with van der Waals surface area (Å²) in [6, 6.07) is 4.40. The number of halogens is 1. The molecule has 1 aromatic heterocycles. The number of aromatic nitrogens is 1. The van der Waals surface area contributed by atoms with Crippen LogP contribution in [0.25, 0.3) is 0 Å². The maximum absolute atomic E-state index is 12.5. The Kier molecular flexibility index (Phi) is 3.50.